The second-order valence-corrected chi connectivity index (χ2v) is 10.6. The molecule has 10 heteroatoms. The lowest BCUT2D eigenvalue weighted by molar-refractivity contribution is 0.0647. The molecule has 0 aliphatic carbocycles. The fraction of sp³-hybridized carbons (Fsp3) is 0.333. The largest absolute Gasteiger partial charge is 0.455 e. The van der Waals surface area contributed by atoms with Gasteiger partial charge in [-0.2, -0.15) is 4.39 Å². The summed E-state index contributed by atoms with van der Waals surface area (Å²) >= 11 is 1.19. The number of hydrogen-bond donors (Lipinski definition) is 3. The van der Waals surface area contributed by atoms with Gasteiger partial charge < -0.3 is 24.7 Å². The number of hydrogen-bond acceptors (Lipinski definition) is 5. The van der Waals surface area contributed by atoms with Gasteiger partial charge in [-0.1, -0.05) is 0 Å². The summed E-state index contributed by atoms with van der Waals surface area (Å²) < 4.78 is 36.6. The van der Waals surface area contributed by atoms with E-state index in [4.69, 9.17) is 4.74 Å². The fourth-order valence-electron chi connectivity index (χ4n) is 4.29. The fourth-order valence-corrected chi connectivity index (χ4v) is 5.41. The number of amides is 1. The number of pyridine rings is 1. The Morgan fingerprint density at radius 2 is 1.89 bits per heavy atom. The molecule has 0 bridgehead atoms. The second-order valence-electron chi connectivity index (χ2n) is 9.54. The SMILES string of the molecule is CCNC(=O)c1cc2c(-c3sc(C(C)(C)O)cc3OC(F)c3c(C)cc(F)cc3C)cn(C)c(=O)c2[nH]1. The molecule has 0 aliphatic rings. The van der Waals surface area contributed by atoms with E-state index in [1.54, 1.807) is 60.0 Å². The highest BCUT2D eigenvalue weighted by Gasteiger charge is 2.28. The maximum atomic E-state index is 15.6. The first kappa shape index (κ1) is 26.6. The van der Waals surface area contributed by atoms with Gasteiger partial charge in [0.15, 0.2) is 0 Å². The molecule has 7 nitrogen and oxygen atoms in total. The van der Waals surface area contributed by atoms with Crippen LogP contribution >= 0.6 is 11.3 Å². The lowest BCUT2D eigenvalue weighted by atomic mass is 10.0. The first-order valence-corrected chi connectivity index (χ1v) is 12.6. The van der Waals surface area contributed by atoms with Crippen LogP contribution in [-0.4, -0.2) is 27.1 Å². The molecular weight excluding hydrogens is 500 g/mol. The van der Waals surface area contributed by atoms with Crippen molar-refractivity contribution in [2.45, 2.75) is 46.6 Å². The molecule has 0 saturated carbocycles. The number of ether oxygens (including phenoxy) is 1. The monoisotopic (exact) mass is 529 g/mol. The first-order valence-electron chi connectivity index (χ1n) is 11.8. The minimum Gasteiger partial charge on any atom is -0.455 e. The van der Waals surface area contributed by atoms with Crippen LogP contribution in [0.1, 0.15) is 59.2 Å². The number of carbonyl (C=O) groups excluding carboxylic acids is 1. The van der Waals surface area contributed by atoms with E-state index < -0.39 is 17.8 Å². The number of carbonyl (C=O) groups is 1. The quantitative estimate of drug-likeness (QED) is 0.300. The summed E-state index contributed by atoms with van der Waals surface area (Å²) in [6.07, 6.45) is -0.321. The van der Waals surface area contributed by atoms with Crippen LogP contribution in [0.25, 0.3) is 21.3 Å². The molecule has 3 aromatic heterocycles. The van der Waals surface area contributed by atoms with Crippen LogP contribution in [-0.2, 0) is 12.6 Å². The zero-order valence-corrected chi connectivity index (χ0v) is 22.3. The summed E-state index contributed by atoms with van der Waals surface area (Å²) in [5, 5.41) is 13.9. The van der Waals surface area contributed by atoms with Crippen molar-refractivity contribution in [1.29, 1.82) is 0 Å². The summed E-state index contributed by atoms with van der Waals surface area (Å²) in [4.78, 5) is 29.2. The van der Waals surface area contributed by atoms with Crippen molar-refractivity contribution in [1.82, 2.24) is 14.9 Å². The van der Waals surface area contributed by atoms with Crippen LogP contribution in [0.2, 0.25) is 0 Å². The number of nitrogens with one attached hydrogen (secondary N) is 2. The standard InChI is InChI=1S/C27H29F2N3O4S/c1-7-30-25(33)18-10-16-17(12-32(6)26(34)22(16)31-18)23-19(11-20(37-23)27(4,5)35)36-24(29)21-13(2)8-15(28)9-14(21)3/h8-12,24,31,35H,7H2,1-6H3,(H,30,33). The highest BCUT2D eigenvalue weighted by Crippen LogP contribution is 2.46. The number of nitrogens with zero attached hydrogens (tertiary/aromatic N) is 1. The van der Waals surface area contributed by atoms with Crippen molar-refractivity contribution in [2.75, 3.05) is 6.54 Å². The Bertz CT molecular complexity index is 1540. The van der Waals surface area contributed by atoms with Crippen molar-refractivity contribution < 1.29 is 23.4 Å². The second kappa shape index (κ2) is 9.75. The predicted octanol–water partition coefficient (Wildman–Crippen LogP) is 5.38. The van der Waals surface area contributed by atoms with Gasteiger partial charge in [-0.15, -0.1) is 11.3 Å². The van der Waals surface area contributed by atoms with E-state index in [1.165, 1.54) is 28.0 Å². The highest BCUT2D eigenvalue weighted by molar-refractivity contribution is 7.16. The number of thiophene rings is 1. The van der Waals surface area contributed by atoms with Crippen LogP contribution in [0.3, 0.4) is 0 Å². The van der Waals surface area contributed by atoms with Crippen molar-refractivity contribution in [3.05, 3.63) is 73.9 Å². The van der Waals surface area contributed by atoms with Crippen LogP contribution < -0.4 is 15.6 Å². The number of fused-ring (bicyclic) bond motifs is 1. The molecule has 0 spiro atoms. The normalized spacial score (nSPS) is 12.7. The molecule has 1 unspecified atom stereocenters. The van der Waals surface area contributed by atoms with Gasteiger partial charge in [0.2, 0.25) is 0 Å². The van der Waals surface area contributed by atoms with Gasteiger partial charge in [0.05, 0.1) is 10.5 Å². The maximum Gasteiger partial charge on any atom is 0.274 e. The van der Waals surface area contributed by atoms with Gasteiger partial charge >= 0.3 is 0 Å². The number of aliphatic hydroxyl groups is 1. The van der Waals surface area contributed by atoms with Gasteiger partial charge in [0, 0.05) is 41.2 Å². The third-order valence-electron chi connectivity index (χ3n) is 6.11. The van der Waals surface area contributed by atoms with Gasteiger partial charge in [-0.05, 0) is 70.0 Å². The Morgan fingerprint density at radius 3 is 2.49 bits per heavy atom. The number of aromatic nitrogens is 2. The zero-order valence-electron chi connectivity index (χ0n) is 21.5. The molecule has 0 saturated heterocycles. The lowest BCUT2D eigenvalue weighted by Crippen LogP contribution is -2.23. The number of aromatic amines is 1. The molecule has 1 aromatic carbocycles. The molecule has 37 heavy (non-hydrogen) atoms. The Kier molecular flexibility index (Phi) is 7.00. The number of alkyl halides is 1. The van der Waals surface area contributed by atoms with E-state index in [1.807, 2.05) is 0 Å². The van der Waals surface area contributed by atoms with Gasteiger partial charge in [-0.3, -0.25) is 9.59 Å². The van der Waals surface area contributed by atoms with Crippen molar-refractivity contribution in [3.8, 4) is 16.2 Å². The van der Waals surface area contributed by atoms with E-state index in [2.05, 4.69) is 10.3 Å². The van der Waals surface area contributed by atoms with Crippen LogP contribution in [0, 0.1) is 19.7 Å². The van der Waals surface area contributed by atoms with E-state index in [-0.39, 0.29) is 34.0 Å². The third kappa shape index (κ3) is 5.03. The molecule has 0 aliphatic heterocycles. The Labute approximate surface area is 216 Å². The summed E-state index contributed by atoms with van der Waals surface area (Å²) in [5.41, 5.74) is 0.401. The average molecular weight is 530 g/mol. The predicted molar refractivity (Wildman–Crippen MR) is 140 cm³/mol. The van der Waals surface area contributed by atoms with Gasteiger partial charge in [0.1, 0.15) is 22.8 Å². The van der Waals surface area contributed by atoms with Crippen molar-refractivity contribution in [2.24, 2.45) is 7.05 Å². The molecule has 4 aromatic rings. The molecule has 196 valence electrons. The summed E-state index contributed by atoms with van der Waals surface area (Å²) in [6, 6.07) is 5.63. The van der Waals surface area contributed by atoms with E-state index >= 15 is 4.39 Å². The Balaban J connectivity index is 1.91. The highest BCUT2D eigenvalue weighted by atomic mass is 32.1. The molecular formula is C27H29F2N3O4S. The van der Waals surface area contributed by atoms with Crippen LogP contribution in [0.4, 0.5) is 8.78 Å². The Hall–Kier alpha value is -3.50. The summed E-state index contributed by atoms with van der Waals surface area (Å²) in [5.74, 6) is -0.675. The minimum atomic E-state index is -1.91. The topological polar surface area (TPSA) is 96.3 Å². The summed E-state index contributed by atoms with van der Waals surface area (Å²) in [6.45, 7) is 8.63. The van der Waals surface area contributed by atoms with E-state index in [0.29, 0.717) is 38.4 Å². The molecule has 4 rings (SSSR count). The Morgan fingerprint density at radius 1 is 1.24 bits per heavy atom. The van der Waals surface area contributed by atoms with Crippen LogP contribution in [0.15, 0.2) is 35.3 Å². The molecule has 3 heterocycles. The molecule has 1 atom stereocenters. The smallest absolute Gasteiger partial charge is 0.274 e. The molecule has 3 N–H and O–H groups in total. The van der Waals surface area contributed by atoms with E-state index in [0.717, 1.165) is 0 Å². The number of H-pyrrole nitrogens is 1. The molecule has 0 fully saturated rings. The minimum absolute atomic E-state index is 0.151. The number of benzene rings is 1. The molecule has 0 radical (unpaired) electrons. The third-order valence-corrected chi connectivity index (χ3v) is 7.57. The van der Waals surface area contributed by atoms with Gasteiger partial charge in [-0.25, -0.2) is 4.39 Å². The number of halogens is 2. The maximum absolute atomic E-state index is 15.6. The van der Waals surface area contributed by atoms with Crippen molar-refractivity contribution >= 4 is 28.1 Å². The molecule has 1 amide bonds. The zero-order chi connectivity index (χ0) is 27.2. The summed E-state index contributed by atoms with van der Waals surface area (Å²) in [7, 11) is 1.58. The van der Waals surface area contributed by atoms with E-state index in [9.17, 15) is 19.1 Å². The first-order chi connectivity index (χ1) is 17.3. The van der Waals surface area contributed by atoms with Gasteiger partial charge in [0.25, 0.3) is 17.8 Å². The van der Waals surface area contributed by atoms with Crippen molar-refractivity contribution in [3.63, 3.8) is 0 Å². The number of aryl methyl sites for hydroxylation is 3. The lowest BCUT2D eigenvalue weighted by Gasteiger charge is -2.17. The number of rotatable bonds is 7. The average Bonchev–Trinajstić information content (AvgIpc) is 3.41. The van der Waals surface area contributed by atoms with Crippen LogP contribution in [0.5, 0.6) is 5.75 Å².